The van der Waals surface area contributed by atoms with Crippen molar-refractivity contribution in [3.8, 4) is 11.8 Å². The Hall–Kier alpha value is -3.61. The predicted molar refractivity (Wildman–Crippen MR) is 114 cm³/mol. The van der Waals surface area contributed by atoms with Crippen molar-refractivity contribution in [3.05, 3.63) is 63.8 Å². The van der Waals surface area contributed by atoms with Crippen LogP contribution in [-0.4, -0.2) is 28.7 Å². The van der Waals surface area contributed by atoms with Gasteiger partial charge in [-0.15, -0.1) is 0 Å². The number of nitriles is 1. The molecule has 10 heteroatoms. The van der Waals surface area contributed by atoms with E-state index < -0.39 is 23.7 Å². The first-order chi connectivity index (χ1) is 15.6. The SMILES string of the molecule is C[C@@H]1CN(c2cc(=O)n(C)c3ccc(C#N)nc23)CC[C@H]1Oc1ccc(C(F)(F)F)cc1F. The summed E-state index contributed by atoms with van der Waals surface area (Å²) < 4.78 is 59.7. The number of nitrogens with zero attached hydrogens (tertiary/aromatic N) is 4. The number of anilines is 1. The second-order valence-electron chi connectivity index (χ2n) is 8.11. The van der Waals surface area contributed by atoms with Crippen LogP contribution >= 0.6 is 0 Å². The van der Waals surface area contributed by atoms with Crippen molar-refractivity contribution in [2.45, 2.75) is 25.6 Å². The molecule has 0 radical (unpaired) electrons. The number of alkyl halides is 3. The molecule has 1 aliphatic rings. The minimum Gasteiger partial charge on any atom is -0.487 e. The van der Waals surface area contributed by atoms with E-state index in [1.54, 1.807) is 19.2 Å². The summed E-state index contributed by atoms with van der Waals surface area (Å²) in [5.74, 6) is -1.42. The van der Waals surface area contributed by atoms with Gasteiger partial charge in [0.15, 0.2) is 11.6 Å². The van der Waals surface area contributed by atoms with Gasteiger partial charge in [0.2, 0.25) is 0 Å². The molecule has 3 aromatic rings. The molecule has 0 amide bonds. The van der Waals surface area contributed by atoms with E-state index >= 15 is 0 Å². The molecule has 0 N–H and O–H groups in total. The van der Waals surface area contributed by atoms with Crippen molar-refractivity contribution in [2.75, 3.05) is 18.0 Å². The number of benzene rings is 1. The van der Waals surface area contributed by atoms with Crippen molar-refractivity contribution in [2.24, 2.45) is 13.0 Å². The Labute approximate surface area is 186 Å². The van der Waals surface area contributed by atoms with Gasteiger partial charge >= 0.3 is 6.18 Å². The van der Waals surface area contributed by atoms with E-state index in [1.807, 2.05) is 17.9 Å². The fraction of sp³-hybridized carbons (Fsp3) is 0.348. The summed E-state index contributed by atoms with van der Waals surface area (Å²) >= 11 is 0. The van der Waals surface area contributed by atoms with Gasteiger partial charge in [-0.05, 0) is 30.3 Å². The minimum atomic E-state index is -4.63. The van der Waals surface area contributed by atoms with Crippen molar-refractivity contribution >= 4 is 16.7 Å². The number of aryl methyl sites for hydroxylation is 1. The second kappa shape index (κ2) is 8.39. The molecular weight excluding hydrogens is 440 g/mol. The number of rotatable bonds is 3. The molecule has 4 rings (SSSR count). The fourth-order valence-electron chi connectivity index (χ4n) is 4.07. The first kappa shape index (κ1) is 22.6. The Kier molecular flexibility index (Phi) is 5.74. The molecule has 0 spiro atoms. The molecule has 0 bridgehead atoms. The zero-order chi connectivity index (χ0) is 23.9. The van der Waals surface area contributed by atoms with E-state index in [4.69, 9.17) is 4.74 Å². The maximum absolute atomic E-state index is 14.2. The fourth-order valence-corrected chi connectivity index (χ4v) is 4.07. The standard InChI is InChI=1S/C23H20F4N4O2/c1-13-12-31(18-10-21(32)30(2)17-5-4-15(11-28)29-22(17)18)8-7-19(13)33-20-6-3-14(9-16(20)24)23(25,26)27/h3-6,9-10,13,19H,7-8,12H2,1-2H3/t13-,19-/m1/s1. The average molecular weight is 460 g/mol. The van der Waals surface area contributed by atoms with Crippen LogP contribution in [0.15, 0.2) is 41.2 Å². The van der Waals surface area contributed by atoms with Crippen molar-refractivity contribution in [1.29, 1.82) is 5.26 Å². The Balaban J connectivity index is 1.57. The highest BCUT2D eigenvalue weighted by atomic mass is 19.4. The smallest absolute Gasteiger partial charge is 0.416 e. The van der Waals surface area contributed by atoms with Gasteiger partial charge in [-0.1, -0.05) is 6.92 Å². The van der Waals surface area contributed by atoms with Gasteiger partial charge in [0.25, 0.3) is 5.56 Å². The van der Waals surface area contributed by atoms with Gasteiger partial charge in [0.1, 0.15) is 23.4 Å². The number of pyridine rings is 2. The van der Waals surface area contributed by atoms with Crippen molar-refractivity contribution in [3.63, 3.8) is 0 Å². The van der Waals surface area contributed by atoms with Crippen LogP contribution in [0.3, 0.4) is 0 Å². The molecule has 1 saturated heterocycles. The number of fused-ring (bicyclic) bond motifs is 1. The molecule has 6 nitrogen and oxygen atoms in total. The van der Waals surface area contributed by atoms with Crippen LogP contribution in [-0.2, 0) is 13.2 Å². The summed E-state index contributed by atoms with van der Waals surface area (Å²) in [6, 6.07) is 8.92. The summed E-state index contributed by atoms with van der Waals surface area (Å²) in [5, 5.41) is 9.22. The summed E-state index contributed by atoms with van der Waals surface area (Å²) in [7, 11) is 1.63. The maximum Gasteiger partial charge on any atom is 0.416 e. The lowest BCUT2D eigenvalue weighted by molar-refractivity contribution is -0.137. The number of aromatic nitrogens is 2. The monoisotopic (exact) mass is 460 g/mol. The lowest BCUT2D eigenvalue weighted by atomic mass is 9.95. The van der Waals surface area contributed by atoms with E-state index in [0.717, 1.165) is 12.1 Å². The number of piperidine rings is 1. The molecule has 0 unspecified atom stereocenters. The van der Waals surface area contributed by atoms with Gasteiger partial charge in [-0.2, -0.15) is 18.4 Å². The summed E-state index contributed by atoms with van der Waals surface area (Å²) in [4.78, 5) is 18.8. The molecular formula is C23H20F4N4O2. The van der Waals surface area contributed by atoms with Crippen LogP contribution in [0.1, 0.15) is 24.6 Å². The predicted octanol–water partition coefficient (Wildman–Crippen LogP) is 4.26. The topological polar surface area (TPSA) is 71.2 Å². The zero-order valence-electron chi connectivity index (χ0n) is 17.9. The number of ether oxygens (including phenoxy) is 1. The molecule has 2 atom stereocenters. The van der Waals surface area contributed by atoms with Gasteiger partial charge in [0, 0.05) is 38.5 Å². The highest BCUT2D eigenvalue weighted by Crippen LogP contribution is 2.34. The molecule has 2 aromatic heterocycles. The summed E-state index contributed by atoms with van der Waals surface area (Å²) in [5.41, 5.74) is 0.646. The first-order valence-electron chi connectivity index (χ1n) is 10.3. The molecule has 1 fully saturated rings. The van der Waals surface area contributed by atoms with E-state index in [2.05, 4.69) is 4.98 Å². The third-order valence-corrected chi connectivity index (χ3v) is 5.89. The quantitative estimate of drug-likeness (QED) is 0.547. The molecule has 1 aromatic carbocycles. The second-order valence-corrected chi connectivity index (χ2v) is 8.11. The van der Waals surface area contributed by atoms with E-state index in [1.165, 1.54) is 10.6 Å². The third-order valence-electron chi connectivity index (χ3n) is 5.89. The Morgan fingerprint density at radius 1 is 1.21 bits per heavy atom. The molecule has 3 heterocycles. The minimum absolute atomic E-state index is 0.126. The number of halogens is 4. The lowest BCUT2D eigenvalue weighted by Crippen LogP contribution is -2.45. The summed E-state index contributed by atoms with van der Waals surface area (Å²) in [6.45, 7) is 2.79. The highest BCUT2D eigenvalue weighted by molar-refractivity contribution is 5.88. The normalized spacial score (nSPS) is 18.9. The van der Waals surface area contributed by atoms with E-state index in [0.29, 0.717) is 42.3 Å². The maximum atomic E-state index is 14.2. The van der Waals surface area contributed by atoms with Gasteiger partial charge in [0.05, 0.1) is 16.8 Å². The Bertz CT molecular complexity index is 1310. The largest absolute Gasteiger partial charge is 0.487 e. The number of hydrogen-bond donors (Lipinski definition) is 0. The zero-order valence-corrected chi connectivity index (χ0v) is 17.9. The van der Waals surface area contributed by atoms with Crippen molar-refractivity contribution < 1.29 is 22.3 Å². The van der Waals surface area contributed by atoms with Crippen LogP contribution in [0.5, 0.6) is 5.75 Å². The van der Waals surface area contributed by atoms with Crippen LogP contribution in [0.2, 0.25) is 0 Å². The Morgan fingerprint density at radius 3 is 2.61 bits per heavy atom. The molecule has 0 saturated carbocycles. The molecule has 172 valence electrons. The van der Waals surface area contributed by atoms with Gasteiger partial charge in [-0.25, -0.2) is 9.37 Å². The average Bonchev–Trinajstić information content (AvgIpc) is 2.77. The van der Waals surface area contributed by atoms with Crippen LogP contribution in [0.25, 0.3) is 11.0 Å². The van der Waals surface area contributed by atoms with E-state index in [9.17, 15) is 27.6 Å². The lowest BCUT2D eigenvalue weighted by Gasteiger charge is -2.38. The van der Waals surface area contributed by atoms with Crippen LogP contribution < -0.4 is 15.2 Å². The summed E-state index contributed by atoms with van der Waals surface area (Å²) in [6.07, 6.45) is -4.60. The van der Waals surface area contributed by atoms with E-state index in [-0.39, 0.29) is 22.9 Å². The highest BCUT2D eigenvalue weighted by Gasteiger charge is 2.33. The first-order valence-corrected chi connectivity index (χ1v) is 10.3. The molecule has 33 heavy (non-hydrogen) atoms. The van der Waals surface area contributed by atoms with Crippen LogP contribution in [0.4, 0.5) is 23.2 Å². The molecule has 0 aliphatic carbocycles. The van der Waals surface area contributed by atoms with Gasteiger partial charge in [-0.3, -0.25) is 4.79 Å². The van der Waals surface area contributed by atoms with Gasteiger partial charge < -0.3 is 14.2 Å². The number of hydrogen-bond acceptors (Lipinski definition) is 5. The van der Waals surface area contributed by atoms with Crippen molar-refractivity contribution in [1.82, 2.24) is 9.55 Å². The molecule has 1 aliphatic heterocycles. The Morgan fingerprint density at radius 2 is 1.97 bits per heavy atom. The third kappa shape index (κ3) is 4.35. The van der Waals surface area contributed by atoms with Crippen LogP contribution in [0, 0.1) is 23.1 Å².